The Labute approximate surface area is 151 Å². The number of aryl methyl sites for hydroxylation is 1. The summed E-state index contributed by atoms with van der Waals surface area (Å²) in [4.78, 5) is 0.166. The molecule has 25 heavy (non-hydrogen) atoms. The van der Waals surface area contributed by atoms with Crippen LogP contribution in [0.4, 0.5) is 5.69 Å². The van der Waals surface area contributed by atoms with Gasteiger partial charge in [-0.2, -0.15) is 10.2 Å². The molecule has 3 aromatic rings. The van der Waals surface area contributed by atoms with Crippen molar-refractivity contribution in [1.29, 1.82) is 0 Å². The van der Waals surface area contributed by atoms with E-state index in [9.17, 15) is 8.42 Å². The molecule has 132 valence electrons. The van der Waals surface area contributed by atoms with Crippen molar-refractivity contribution in [3.63, 3.8) is 0 Å². The van der Waals surface area contributed by atoms with Crippen LogP contribution in [0.2, 0.25) is 5.02 Å². The number of aromatic nitrogens is 4. The monoisotopic (exact) mass is 379 g/mol. The number of hydrogen-bond donors (Lipinski definition) is 1. The van der Waals surface area contributed by atoms with Gasteiger partial charge in [-0.3, -0.25) is 14.1 Å². The van der Waals surface area contributed by atoms with Crippen LogP contribution in [-0.2, 0) is 23.1 Å². The third-order valence-corrected chi connectivity index (χ3v) is 5.53. The quantitative estimate of drug-likeness (QED) is 0.713. The fourth-order valence-corrected chi connectivity index (χ4v) is 3.83. The molecule has 0 fully saturated rings. The summed E-state index contributed by atoms with van der Waals surface area (Å²) >= 11 is 5.87. The molecule has 0 aliphatic heterocycles. The van der Waals surface area contributed by atoms with E-state index in [4.69, 9.17) is 11.6 Å². The van der Waals surface area contributed by atoms with Crippen molar-refractivity contribution in [2.45, 2.75) is 31.8 Å². The second-order valence-electron chi connectivity index (χ2n) is 5.57. The van der Waals surface area contributed by atoms with Gasteiger partial charge in [0.15, 0.2) is 0 Å². The number of benzene rings is 1. The molecular formula is C16H18ClN5O2S. The first-order valence-corrected chi connectivity index (χ1v) is 9.57. The summed E-state index contributed by atoms with van der Waals surface area (Å²) in [5.74, 6) is 0. The summed E-state index contributed by atoms with van der Waals surface area (Å²) in [5, 5.41) is 8.93. The zero-order valence-electron chi connectivity index (χ0n) is 13.8. The SMILES string of the molecule is CCn1ncc(S(=O)(=O)Nc2cnn(Cc3ccc(Cl)cc3)c2)c1C. The Balaban J connectivity index is 1.76. The van der Waals surface area contributed by atoms with Crippen molar-refractivity contribution in [2.75, 3.05) is 4.72 Å². The molecule has 0 saturated carbocycles. The molecule has 1 N–H and O–H groups in total. The maximum atomic E-state index is 12.5. The van der Waals surface area contributed by atoms with Crippen LogP contribution in [0.5, 0.6) is 0 Å². The number of nitrogens with zero attached hydrogens (tertiary/aromatic N) is 4. The van der Waals surface area contributed by atoms with E-state index in [0.29, 0.717) is 29.5 Å². The molecule has 0 atom stereocenters. The topological polar surface area (TPSA) is 81.8 Å². The van der Waals surface area contributed by atoms with E-state index in [-0.39, 0.29) is 4.90 Å². The molecular weight excluding hydrogens is 362 g/mol. The summed E-state index contributed by atoms with van der Waals surface area (Å²) in [6.45, 7) is 4.77. The standard InChI is InChI=1S/C16H18ClN5O2S/c1-3-22-12(2)16(9-19-22)25(23,24)20-15-8-18-21(11-15)10-13-4-6-14(17)7-5-13/h4-9,11,20H,3,10H2,1-2H3. The smallest absolute Gasteiger partial charge is 0.265 e. The highest BCUT2D eigenvalue weighted by Gasteiger charge is 2.21. The zero-order chi connectivity index (χ0) is 18.0. The largest absolute Gasteiger partial charge is 0.276 e. The minimum Gasteiger partial charge on any atom is -0.276 e. The van der Waals surface area contributed by atoms with Gasteiger partial charge in [0.05, 0.1) is 30.3 Å². The molecule has 0 aliphatic rings. The van der Waals surface area contributed by atoms with Crippen molar-refractivity contribution in [1.82, 2.24) is 19.6 Å². The molecule has 2 heterocycles. The van der Waals surface area contributed by atoms with E-state index in [1.54, 1.807) is 34.6 Å². The Morgan fingerprint density at radius 1 is 1.16 bits per heavy atom. The molecule has 0 unspecified atom stereocenters. The van der Waals surface area contributed by atoms with E-state index in [0.717, 1.165) is 5.56 Å². The molecule has 0 radical (unpaired) electrons. The minimum absolute atomic E-state index is 0.166. The predicted molar refractivity (Wildman–Crippen MR) is 96.2 cm³/mol. The summed E-state index contributed by atoms with van der Waals surface area (Å²) in [5.41, 5.74) is 2.02. The van der Waals surface area contributed by atoms with E-state index < -0.39 is 10.0 Å². The van der Waals surface area contributed by atoms with Gasteiger partial charge in [-0.1, -0.05) is 23.7 Å². The lowest BCUT2D eigenvalue weighted by Gasteiger charge is -2.06. The summed E-state index contributed by atoms with van der Waals surface area (Å²) in [6, 6.07) is 7.41. The fourth-order valence-electron chi connectivity index (χ4n) is 2.50. The number of halogens is 1. The average Bonchev–Trinajstić information content (AvgIpc) is 3.15. The van der Waals surface area contributed by atoms with Crippen molar-refractivity contribution >= 4 is 27.3 Å². The van der Waals surface area contributed by atoms with Crippen LogP contribution in [-0.4, -0.2) is 28.0 Å². The van der Waals surface area contributed by atoms with Crippen LogP contribution >= 0.6 is 11.6 Å². The van der Waals surface area contributed by atoms with Crippen LogP contribution in [0.15, 0.2) is 47.8 Å². The Bertz CT molecular complexity index is 976. The number of nitrogens with one attached hydrogen (secondary N) is 1. The highest BCUT2D eigenvalue weighted by atomic mass is 35.5. The second kappa shape index (κ2) is 6.89. The Kier molecular flexibility index (Phi) is 4.82. The van der Waals surface area contributed by atoms with Crippen LogP contribution in [0.25, 0.3) is 0 Å². The first kappa shape index (κ1) is 17.5. The van der Waals surface area contributed by atoms with Crippen molar-refractivity contribution in [2.24, 2.45) is 0 Å². The molecule has 1 aromatic carbocycles. The predicted octanol–water partition coefficient (Wildman–Crippen LogP) is 2.91. The zero-order valence-corrected chi connectivity index (χ0v) is 15.4. The van der Waals surface area contributed by atoms with Crippen molar-refractivity contribution < 1.29 is 8.42 Å². The highest BCUT2D eigenvalue weighted by molar-refractivity contribution is 7.92. The van der Waals surface area contributed by atoms with E-state index in [1.807, 2.05) is 19.1 Å². The molecule has 3 rings (SSSR count). The van der Waals surface area contributed by atoms with Crippen LogP contribution < -0.4 is 4.72 Å². The normalized spacial score (nSPS) is 11.6. The maximum absolute atomic E-state index is 12.5. The van der Waals surface area contributed by atoms with Crippen LogP contribution in [0.3, 0.4) is 0 Å². The lowest BCUT2D eigenvalue weighted by Crippen LogP contribution is -2.13. The Morgan fingerprint density at radius 2 is 1.88 bits per heavy atom. The Morgan fingerprint density at radius 3 is 2.52 bits per heavy atom. The minimum atomic E-state index is -3.70. The van der Waals surface area contributed by atoms with Crippen LogP contribution in [0, 0.1) is 6.92 Å². The lowest BCUT2D eigenvalue weighted by atomic mass is 10.2. The van der Waals surface area contributed by atoms with Gasteiger partial charge < -0.3 is 0 Å². The third-order valence-electron chi connectivity index (χ3n) is 3.79. The molecule has 0 bridgehead atoms. The van der Waals surface area contributed by atoms with Gasteiger partial charge in [0, 0.05) is 17.8 Å². The third kappa shape index (κ3) is 3.85. The average molecular weight is 380 g/mol. The van der Waals surface area contributed by atoms with Crippen LogP contribution in [0.1, 0.15) is 18.2 Å². The summed E-state index contributed by atoms with van der Waals surface area (Å²) in [6.07, 6.45) is 4.48. The van der Waals surface area contributed by atoms with Crippen molar-refractivity contribution in [3.05, 3.63) is 59.1 Å². The molecule has 7 nitrogen and oxygen atoms in total. The highest BCUT2D eigenvalue weighted by Crippen LogP contribution is 2.19. The molecule has 2 aromatic heterocycles. The molecule has 0 amide bonds. The number of rotatable bonds is 6. The summed E-state index contributed by atoms with van der Waals surface area (Å²) < 4.78 is 30.9. The van der Waals surface area contributed by atoms with Gasteiger partial charge >= 0.3 is 0 Å². The van der Waals surface area contributed by atoms with E-state index >= 15 is 0 Å². The van der Waals surface area contributed by atoms with Gasteiger partial charge in [-0.25, -0.2) is 8.42 Å². The number of hydrogen-bond acceptors (Lipinski definition) is 4. The molecule has 9 heteroatoms. The first-order valence-electron chi connectivity index (χ1n) is 7.71. The van der Waals surface area contributed by atoms with Crippen molar-refractivity contribution in [3.8, 4) is 0 Å². The molecule has 0 aliphatic carbocycles. The summed E-state index contributed by atoms with van der Waals surface area (Å²) in [7, 11) is -3.70. The van der Waals surface area contributed by atoms with Gasteiger partial charge in [0.1, 0.15) is 4.90 Å². The number of sulfonamides is 1. The van der Waals surface area contributed by atoms with Gasteiger partial charge in [-0.05, 0) is 31.5 Å². The molecule has 0 spiro atoms. The van der Waals surface area contributed by atoms with Gasteiger partial charge in [0.25, 0.3) is 10.0 Å². The maximum Gasteiger partial charge on any atom is 0.265 e. The fraction of sp³-hybridized carbons (Fsp3) is 0.250. The second-order valence-corrected chi connectivity index (χ2v) is 7.66. The first-order chi connectivity index (χ1) is 11.9. The van der Waals surface area contributed by atoms with E-state index in [1.165, 1.54) is 12.4 Å². The van der Waals surface area contributed by atoms with Gasteiger partial charge in [0.2, 0.25) is 0 Å². The number of anilines is 1. The van der Waals surface area contributed by atoms with E-state index in [2.05, 4.69) is 14.9 Å². The lowest BCUT2D eigenvalue weighted by molar-refractivity contribution is 0.598. The molecule has 0 saturated heterocycles. The van der Waals surface area contributed by atoms with Gasteiger partial charge in [-0.15, -0.1) is 0 Å². The Hall–Kier alpha value is -2.32.